The minimum Gasteiger partial charge on any atom is -0.497 e. The molecule has 0 atom stereocenters. The predicted molar refractivity (Wildman–Crippen MR) is 93.6 cm³/mol. The number of aliphatic hydroxyl groups is 1. The second kappa shape index (κ2) is 7.99. The van der Waals surface area contributed by atoms with E-state index < -0.39 is 0 Å². The van der Waals surface area contributed by atoms with Crippen LogP contribution in [-0.4, -0.2) is 22.4 Å². The lowest BCUT2D eigenvalue weighted by molar-refractivity contribution is 0.282. The van der Waals surface area contributed by atoms with E-state index >= 15 is 0 Å². The molecule has 2 aromatic carbocycles. The van der Waals surface area contributed by atoms with E-state index in [1.807, 2.05) is 48.5 Å². The van der Waals surface area contributed by atoms with Crippen molar-refractivity contribution in [1.29, 1.82) is 0 Å². The van der Waals surface area contributed by atoms with Crippen LogP contribution in [0.25, 0.3) is 11.4 Å². The van der Waals surface area contributed by atoms with Crippen LogP contribution < -0.4 is 4.74 Å². The van der Waals surface area contributed by atoms with E-state index in [9.17, 15) is 0 Å². The van der Waals surface area contributed by atoms with E-state index in [2.05, 4.69) is 10.1 Å². The van der Waals surface area contributed by atoms with E-state index in [4.69, 9.17) is 14.4 Å². The first kappa shape index (κ1) is 16.5. The summed E-state index contributed by atoms with van der Waals surface area (Å²) in [6.45, 7) is 0.0719. The zero-order chi connectivity index (χ0) is 16.8. The zero-order valence-electron chi connectivity index (χ0n) is 13.3. The molecule has 0 fully saturated rings. The number of hydrogen-bond acceptors (Lipinski definition) is 6. The normalized spacial score (nSPS) is 10.8. The van der Waals surface area contributed by atoms with Crippen molar-refractivity contribution in [3.63, 3.8) is 0 Å². The summed E-state index contributed by atoms with van der Waals surface area (Å²) in [7, 11) is 1.63. The van der Waals surface area contributed by atoms with Crippen LogP contribution in [0.2, 0.25) is 0 Å². The molecular formula is C18H18N2O3S. The second-order valence-corrected chi connectivity index (χ2v) is 6.20. The van der Waals surface area contributed by atoms with Gasteiger partial charge in [0.05, 0.1) is 19.5 Å². The lowest BCUT2D eigenvalue weighted by Crippen LogP contribution is -1.87. The van der Waals surface area contributed by atoms with Crippen LogP contribution in [0.4, 0.5) is 0 Å². The van der Waals surface area contributed by atoms with Gasteiger partial charge in [-0.3, -0.25) is 0 Å². The molecule has 124 valence electrons. The summed E-state index contributed by atoms with van der Waals surface area (Å²) in [6.07, 6.45) is 0. The van der Waals surface area contributed by atoms with Crippen LogP contribution in [0.5, 0.6) is 5.75 Å². The van der Waals surface area contributed by atoms with Gasteiger partial charge in [0, 0.05) is 11.3 Å². The maximum absolute atomic E-state index is 9.04. The first-order chi connectivity index (χ1) is 11.8. The van der Waals surface area contributed by atoms with E-state index in [0.29, 0.717) is 17.5 Å². The fourth-order valence-electron chi connectivity index (χ4n) is 2.19. The van der Waals surface area contributed by atoms with E-state index in [1.165, 1.54) is 5.56 Å². The van der Waals surface area contributed by atoms with Crippen molar-refractivity contribution < 1.29 is 14.4 Å². The quantitative estimate of drug-likeness (QED) is 0.706. The highest BCUT2D eigenvalue weighted by Gasteiger charge is 2.09. The number of aliphatic hydroxyl groups excluding tert-OH is 1. The Morgan fingerprint density at radius 1 is 1.08 bits per heavy atom. The highest BCUT2D eigenvalue weighted by molar-refractivity contribution is 7.97. The summed E-state index contributed by atoms with van der Waals surface area (Å²) in [5, 5.41) is 13.1. The number of methoxy groups -OCH3 is 1. The maximum Gasteiger partial charge on any atom is 0.236 e. The third-order valence-corrected chi connectivity index (χ3v) is 4.48. The van der Waals surface area contributed by atoms with Crippen molar-refractivity contribution in [3.05, 3.63) is 65.5 Å². The SMILES string of the molecule is COc1cccc(-c2noc(CSCc3ccc(CO)cc3)n2)c1. The van der Waals surface area contributed by atoms with Gasteiger partial charge in [-0.05, 0) is 23.3 Å². The molecule has 0 saturated heterocycles. The average molecular weight is 342 g/mol. The third-order valence-electron chi connectivity index (χ3n) is 3.50. The Labute approximate surface area is 144 Å². The molecule has 0 amide bonds. The lowest BCUT2D eigenvalue weighted by Gasteiger charge is -2.01. The molecule has 0 aliphatic carbocycles. The largest absolute Gasteiger partial charge is 0.497 e. The Kier molecular flexibility index (Phi) is 5.51. The molecule has 0 radical (unpaired) electrons. The number of benzene rings is 2. The highest BCUT2D eigenvalue weighted by atomic mass is 32.2. The Morgan fingerprint density at radius 3 is 2.62 bits per heavy atom. The lowest BCUT2D eigenvalue weighted by atomic mass is 10.2. The summed E-state index contributed by atoms with van der Waals surface area (Å²) < 4.78 is 10.5. The standard InChI is InChI=1S/C18H18N2O3S/c1-22-16-4-2-3-15(9-16)18-19-17(23-20-18)12-24-11-14-7-5-13(10-21)6-8-14/h2-9,21H,10-12H2,1H3. The third kappa shape index (κ3) is 4.15. The molecule has 5 nitrogen and oxygen atoms in total. The second-order valence-electron chi connectivity index (χ2n) is 5.21. The molecule has 0 saturated carbocycles. The average Bonchev–Trinajstić information content (AvgIpc) is 3.11. The minimum absolute atomic E-state index is 0.0719. The summed E-state index contributed by atoms with van der Waals surface area (Å²) in [5.74, 6) is 3.43. The first-order valence-corrected chi connectivity index (χ1v) is 8.67. The molecule has 3 aromatic rings. The van der Waals surface area contributed by atoms with Gasteiger partial charge < -0.3 is 14.4 Å². The summed E-state index contributed by atoms with van der Waals surface area (Å²) in [6, 6.07) is 15.5. The van der Waals surface area contributed by atoms with E-state index in [0.717, 1.165) is 22.6 Å². The Hall–Kier alpha value is -2.31. The van der Waals surface area contributed by atoms with Crippen LogP contribution in [0.15, 0.2) is 53.1 Å². The smallest absolute Gasteiger partial charge is 0.236 e. The molecule has 0 spiro atoms. The van der Waals surface area contributed by atoms with Gasteiger partial charge >= 0.3 is 0 Å². The van der Waals surface area contributed by atoms with E-state index in [1.54, 1.807) is 18.9 Å². The van der Waals surface area contributed by atoms with Gasteiger partial charge in [0.15, 0.2) is 0 Å². The van der Waals surface area contributed by atoms with Crippen LogP contribution in [0, 0.1) is 0 Å². The number of rotatable bonds is 7. The van der Waals surface area contributed by atoms with Crippen LogP contribution >= 0.6 is 11.8 Å². The van der Waals surface area contributed by atoms with Crippen molar-refractivity contribution >= 4 is 11.8 Å². The van der Waals surface area contributed by atoms with Crippen molar-refractivity contribution in [1.82, 2.24) is 10.1 Å². The van der Waals surface area contributed by atoms with Crippen LogP contribution in [-0.2, 0) is 18.1 Å². The summed E-state index contributed by atoms with van der Waals surface area (Å²) in [5.41, 5.74) is 2.99. The highest BCUT2D eigenvalue weighted by Crippen LogP contribution is 2.23. The molecule has 1 aromatic heterocycles. The van der Waals surface area contributed by atoms with Crippen molar-refractivity contribution in [2.24, 2.45) is 0 Å². The topological polar surface area (TPSA) is 68.4 Å². The molecule has 6 heteroatoms. The minimum atomic E-state index is 0.0719. The van der Waals surface area contributed by atoms with Crippen LogP contribution in [0.1, 0.15) is 17.0 Å². The summed E-state index contributed by atoms with van der Waals surface area (Å²) >= 11 is 1.71. The molecular weight excluding hydrogens is 324 g/mol. The fourth-order valence-corrected chi connectivity index (χ4v) is 3.01. The van der Waals surface area contributed by atoms with Crippen molar-refractivity contribution in [2.45, 2.75) is 18.1 Å². The van der Waals surface area contributed by atoms with Gasteiger partial charge in [-0.25, -0.2) is 0 Å². The van der Waals surface area contributed by atoms with Gasteiger partial charge in [0.2, 0.25) is 11.7 Å². The predicted octanol–water partition coefficient (Wildman–Crippen LogP) is 3.67. The molecule has 0 aliphatic rings. The molecule has 1 N–H and O–H groups in total. The Bertz CT molecular complexity index is 787. The number of ether oxygens (including phenoxy) is 1. The van der Waals surface area contributed by atoms with Crippen molar-refractivity contribution in [2.75, 3.05) is 7.11 Å². The number of aromatic nitrogens is 2. The molecule has 0 unspecified atom stereocenters. The van der Waals surface area contributed by atoms with Crippen LogP contribution in [0.3, 0.4) is 0 Å². The molecule has 0 bridgehead atoms. The first-order valence-electron chi connectivity index (χ1n) is 7.52. The summed E-state index contributed by atoms with van der Waals surface area (Å²) in [4.78, 5) is 4.43. The Morgan fingerprint density at radius 2 is 1.88 bits per heavy atom. The zero-order valence-corrected chi connectivity index (χ0v) is 14.1. The monoisotopic (exact) mass is 342 g/mol. The van der Waals surface area contributed by atoms with E-state index in [-0.39, 0.29) is 6.61 Å². The molecule has 3 rings (SSSR count). The number of nitrogens with zero attached hydrogens (tertiary/aromatic N) is 2. The number of thioether (sulfide) groups is 1. The van der Waals surface area contributed by atoms with Gasteiger partial charge in [0.25, 0.3) is 0 Å². The molecule has 24 heavy (non-hydrogen) atoms. The van der Waals surface area contributed by atoms with Gasteiger partial charge in [0.1, 0.15) is 5.75 Å². The molecule has 0 aliphatic heterocycles. The van der Waals surface area contributed by atoms with Gasteiger partial charge in [-0.1, -0.05) is 41.6 Å². The van der Waals surface area contributed by atoms with Gasteiger partial charge in [-0.2, -0.15) is 4.98 Å². The molecule has 1 heterocycles. The number of hydrogen-bond donors (Lipinski definition) is 1. The van der Waals surface area contributed by atoms with Gasteiger partial charge in [-0.15, -0.1) is 11.8 Å². The Balaban J connectivity index is 1.57. The maximum atomic E-state index is 9.04. The van der Waals surface area contributed by atoms with Crippen molar-refractivity contribution in [3.8, 4) is 17.1 Å². The fraction of sp³-hybridized carbons (Fsp3) is 0.222.